The molecule has 0 radical (unpaired) electrons. The Morgan fingerprint density at radius 1 is 0.600 bits per heavy atom. The van der Waals surface area contributed by atoms with Crippen LogP contribution in [0.3, 0.4) is 0 Å². The molecule has 10 heavy (non-hydrogen) atoms. The molecular formula is C8H24N2. The molecule has 0 amide bonds. The Kier molecular flexibility index (Phi) is 60.0. The maximum atomic E-state index is 4.50. The van der Waals surface area contributed by atoms with Gasteiger partial charge in [-0.3, -0.25) is 0 Å². The second-order valence-corrected chi connectivity index (χ2v) is 1.41. The maximum absolute atomic E-state index is 4.50. The maximum Gasteiger partial charge on any atom is -0.0195 e. The molecule has 0 aromatic rings. The number of nitrogens with two attached hydrogens (primary N) is 2. The molecule has 1 aliphatic rings. The molecule has 0 heterocycles. The van der Waals surface area contributed by atoms with Crippen molar-refractivity contribution in [3.63, 3.8) is 0 Å². The Labute approximate surface area is 66.0 Å². The minimum Gasteiger partial charge on any atom is -0.333 e. The quantitative estimate of drug-likeness (QED) is 0.549. The highest BCUT2D eigenvalue weighted by Gasteiger charge is 1.95. The van der Waals surface area contributed by atoms with E-state index in [1.807, 2.05) is 13.8 Å². The minimum absolute atomic E-state index is 1.50. The average molecular weight is 148 g/mol. The first-order chi connectivity index (χ1) is 5.00. The number of hydrogen-bond acceptors (Lipinski definition) is 2. The molecule has 0 aromatic carbocycles. The van der Waals surface area contributed by atoms with Crippen LogP contribution in [0.4, 0.5) is 0 Å². The second-order valence-electron chi connectivity index (χ2n) is 1.41. The lowest BCUT2D eigenvalue weighted by molar-refractivity contribution is 0.504. The number of rotatable bonds is 0. The summed E-state index contributed by atoms with van der Waals surface area (Å²) in [6.07, 6.45) is 6.00. The van der Waals surface area contributed by atoms with Crippen molar-refractivity contribution in [2.24, 2.45) is 11.5 Å². The van der Waals surface area contributed by atoms with Crippen LogP contribution in [0.15, 0.2) is 0 Å². The lowest BCUT2D eigenvalue weighted by atomic mass is 10.0. The smallest absolute Gasteiger partial charge is 0.0195 e. The molecule has 4 N–H and O–H groups in total. The van der Waals surface area contributed by atoms with E-state index in [0.29, 0.717) is 0 Å². The van der Waals surface area contributed by atoms with E-state index in [4.69, 9.17) is 0 Å². The van der Waals surface area contributed by atoms with Gasteiger partial charge >= 0.3 is 0 Å². The van der Waals surface area contributed by atoms with Gasteiger partial charge in [-0.05, 0) is 14.1 Å². The van der Waals surface area contributed by atoms with Gasteiger partial charge < -0.3 is 11.5 Å². The van der Waals surface area contributed by atoms with E-state index >= 15 is 0 Å². The molecule has 66 valence electrons. The van der Waals surface area contributed by atoms with Crippen LogP contribution in [0.2, 0.25) is 0 Å². The van der Waals surface area contributed by atoms with Crippen molar-refractivity contribution in [1.29, 1.82) is 0 Å². The first-order valence-corrected chi connectivity index (χ1v) is 4.15. The van der Waals surface area contributed by atoms with Crippen LogP contribution in [0.25, 0.3) is 0 Å². The van der Waals surface area contributed by atoms with E-state index in [0.717, 1.165) is 0 Å². The third-order valence-corrected chi connectivity index (χ3v) is 1.000. The van der Waals surface area contributed by atoms with Gasteiger partial charge in [0.05, 0.1) is 0 Å². The molecule has 0 aliphatic heterocycles. The fraction of sp³-hybridized carbons (Fsp3) is 1.00. The Balaban J connectivity index is -0.0000000729. The van der Waals surface area contributed by atoms with E-state index in [1.165, 1.54) is 39.8 Å². The van der Waals surface area contributed by atoms with Crippen LogP contribution in [0.5, 0.6) is 0 Å². The van der Waals surface area contributed by atoms with Gasteiger partial charge in [-0.15, -0.1) is 0 Å². The molecule has 1 saturated carbocycles. The van der Waals surface area contributed by atoms with Crippen LogP contribution >= 0.6 is 0 Å². The molecule has 1 rings (SSSR count). The van der Waals surface area contributed by atoms with E-state index in [2.05, 4.69) is 11.5 Å². The highest BCUT2D eigenvalue weighted by atomic mass is 14.4. The van der Waals surface area contributed by atoms with Gasteiger partial charge in [-0.25, -0.2) is 0 Å². The highest BCUT2D eigenvalue weighted by molar-refractivity contribution is 4.50. The number of hydrogen-bond donors (Lipinski definition) is 2. The van der Waals surface area contributed by atoms with Crippen molar-refractivity contribution < 1.29 is 0 Å². The largest absolute Gasteiger partial charge is 0.333 e. The van der Waals surface area contributed by atoms with Crippen molar-refractivity contribution >= 4 is 0 Å². The molecule has 2 heteroatoms. The molecule has 0 aromatic heterocycles. The summed E-state index contributed by atoms with van der Waals surface area (Å²) in [4.78, 5) is 0. The monoisotopic (exact) mass is 148 g/mol. The van der Waals surface area contributed by atoms with Crippen molar-refractivity contribution in [1.82, 2.24) is 0 Å². The van der Waals surface area contributed by atoms with Gasteiger partial charge in [0, 0.05) is 0 Å². The van der Waals surface area contributed by atoms with Crippen molar-refractivity contribution in [2.45, 2.75) is 39.5 Å². The standard InChI is InChI=1S/C4H8.C2H6.2CH5N/c1-2-4-3-1;3*1-2/h1-4H2;1-2H3;2*2H2,1H3. The van der Waals surface area contributed by atoms with Crippen LogP contribution in [-0.2, 0) is 0 Å². The van der Waals surface area contributed by atoms with Crippen LogP contribution in [0.1, 0.15) is 39.5 Å². The lowest BCUT2D eigenvalue weighted by Crippen LogP contribution is -1.85. The molecule has 0 spiro atoms. The third kappa shape index (κ3) is 24.7. The topological polar surface area (TPSA) is 52.0 Å². The van der Waals surface area contributed by atoms with Crippen LogP contribution in [-0.4, -0.2) is 14.1 Å². The van der Waals surface area contributed by atoms with E-state index in [-0.39, 0.29) is 0 Å². The molecule has 1 aliphatic carbocycles. The zero-order valence-corrected chi connectivity index (χ0v) is 7.98. The molecule has 0 saturated heterocycles. The Hall–Kier alpha value is -0.0800. The van der Waals surface area contributed by atoms with Gasteiger partial charge in [-0.1, -0.05) is 39.5 Å². The average Bonchev–Trinajstić information content (AvgIpc) is 1.96. The summed E-state index contributed by atoms with van der Waals surface area (Å²) in [6.45, 7) is 4.00. The van der Waals surface area contributed by atoms with Gasteiger partial charge in [0.1, 0.15) is 0 Å². The Bertz CT molecular complexity index is 15.2. The molecule has 0 atom stereocenters. The lowest BCUT2D eigenvalue weighted by Gasteiger charge is -2.05. The zero-order valence-electron chi connectivity index (χ0n) is 7.98. The summed E-state index contributed by atoms with van der Waals surface area (Å²) in [6, 6.07) is 0. The minimum atomic E-state index is 1.50. The Morgan fingerprint density at radius 2 is 0.700 bits per heavy atom. The summed E-state index contributed by atoms with van der Waals surface area (Å²) >= 11 is 0. The van der Waals surface area contributed by atoms with Gasteiger partial charge in [0.15, 0.2) is 0 Å². The van der Waals surface area contributed by atoms with Gasteiger partial charge in [0.25, 0.3) is 0 Å². The molecule has 0 unspecified atom stereocenters. The zero-order chi connectivity index (χ0) is 8.83. The van der Waals surface area contributed by atoms with E-state index < -0.39 is 0 Å². The predicted octanol–water partition coefficient (Wildman–Crippen LogP) is 1.74. The molecule has 0 bridgehead atoms. The molecule has 1 fully saturated rings. The second kappa shape index (κ2) is 36.4. The predicted molar refractivity (Wildman–Crippen MR) is 50.0 cm³/mol. The normalized spacial score (nSPS) is 11.4. The summed E-state index contributed by atoms with van der Waals surface area (Å²) in [7, 11) is 3.00. The van der Waals surface area contributed by atoms with E-state index in [1.54, 1.807) is 0 Å². The Morgan fingerprint density at radius 3 is 0.700 bits per heavy atom. The van der Waals surface area contributed by atoms with Gasteiger partial charge in [0.2, 0.25) is 0 Å². The van der Waals surface area contributed by atoms with Crippen molar-refractivity contribution in [3.05, 3.63) is 0 Å². The highest BCUT2D eigenvalue weighted by Crippen LogP contribution is 2.15. The first kappa shape index (κ1) is 16.5. The molecule has 2 nitrogen and oxygen atoms in total. The van der Waals surface area contributed by atoms with Crippen LogP contribution < -0.4 is 11.5 Å². The van der Waals surface area contributed by atoms with E-state index in [9.17, 15) is 0 Å². The van der Waals surface area contributed by atoms with Crippen molar-refractivity contribution in [2.75, 3.05) is 14.1 Å². The fourth-order valence-corrected chi connectivity index (χ4v) is 0.250. The summed E-state index contributed by atoms with van der Waals surface area (Å²) in [5, 5.41) is 0. The third-order valence-electron chi connectivity index (χ3n) is 1.000. The SMILES string of the molecule is C1CCC1.CC.CN.CN. The van der Waals surface area contributed by atoms with Gasteiger partial charge in [-0.2, -0.15) is 0 Å². The van der Waals surface area contributed by atoms with Crippen LogP contribution in [0, 0.1) is 0 Å². The summed E-state index contributed by atoms with van der Waals surface area (Å²) < 4.78 is 0. The summed E-state index contributed by atoms with van der Waals surface area (Å²) in [5.74, 6) is 0. The fourth-order valence-electron chi connectivity index (χ4n) is 0.250. The molecular weight excluding hydrogens is 124 g/mol. The van der Waals surface area contributed by atoms with Crippen molar-refractivity contribution in [3.8, 4) is 0 Å². The first-order valence-electron chi connectivity index (χ1n) is 4.15. The summed E-state index contributed by atoms with van der Waals surface area (Å²) in [5.41, 5.74) is 9.00.